The van der Waals surface area contributed by atoms with Crippen LogP contribution >= 0.6 is 0 Å². The van der Waals surface area contributed by atoms with Gasteiger partial charge in [-0.1, -0.05) is 13.8 Å². The van der Waals surface area contributed by atoms with Gasteiger partial charge < -0.3 is 14.6 Å². The van der Waals surface area contributed by atoms with Gasteiger partial charge in [0.1, 0.15) is 11.5 Å². The molecule has 1 aromatic carbocycles. The molecule has 0 unspecified atom stereocenters. The van der Waals surface area contributed by atoms with E-state index in [-0.39, 0.29) is 11.7 Å². The molecule has 142 valence electrons. The lowest BCUT2D eigenvalue weighted by atomic mass is 10.2. The molecule has 2 aromatic heterocycles. The first-order chi connectivity index (χ1) is 13.0. The molecule has 3 rings (SSSR count). The largest absolute Gasteiger partial charge is 0.350 e. The van der Waals surface area contributed by atoms with Crippen LogP contribution in [0, 0.1) is 5.82 Å². The summed E-state index contributed by atoms with van der Waals surface area (Å²) in [6.07, 6.45) is 4.60. The number of carbonyl (C=O) groups excluding carboxylic acids is 1. The highest BCUT2D eigenvalue weighted by Crippen LogP contribution is 2.20. The second-order valence-corrected chi connectivity index (χ2v) is 6.66. The molecule has 5 nitrogen and oxygen atoms in total. The van der Waals surface area contributed by atoms with Crippen LogP contribution in [0.1, 0.15) is 30.6 Å². The van der Waals surface area contributed by atoms with Crippen molar-refractivity contribution in [2.24, 2.45) is 0 Å². The number of likely N-dealkylation sites (N-methyl/N-ethyl adjacent to an activating group) is 1. The van der Waals surface area contributed by atoms with E-state index in [1.807, 2.05) is 16.7 Å². The van der Waals surface area contributed by atoms with Gasteiger partial charge in [-0.3, -0.25) is 4.79 Å². The summed E-state index contributed by atoms with van der Waals surface area (Å²) < 4.78 is 14.9. The van der Waals surface area contributed by atoms with Crippen LogP contribution in [0.15, 0.2) is 48.8 Å². The van der Waals surface area contributed by atoms with Crippen molar-refractivity contribution >= 4 is 11.6 Å². The van der Waals surface area contributed by atoms with E-state index in [1.165, 1.54) is 12.1 Å². The number of imidazole rings is 1. The number of aromatic nitrogens is 2. The Morgan fingerprint density at radius 3 is 2.59 bits per heavy atom. The van der Waals surface area contributed by atoms with Gasteiger partial charge in [-0.2, -0.15) is 0 Å². The van der Waals surface area contributed by atoms with E-state index in [4.69, 9.17) is 0 Å². The second-order valence-electron chi connectivity index (χ2n) is 6.66. The van der Waals surface area contributed by atoms with Crippen molar-refractivity contribution in [3.8, 4) is 11.3 Å². The van der Waals surface area contributed by atoms with E-state index in [0.29, 0.717) is 18.2 Å². The van der Waals surface area contributed by atoms with Crippen molar-refractivity contribution in [2.75, 3.05) is 20.1 Å². The Labute approximate surface area is 158 Å². The predicted molar refractivity (Wildman–Crippen MR) is 105 cm³/mol. The van der Waals surface area contributed by atoms with Gasteiger partial charge in [0.05, 0.1) is 11.3 Å². The van der Waals surface area contributed by atoms with Gasteiger partial charge in [0.2, 0.25) is 0 Å². The third kappa shape index (κ3) is 4.34. The highest BCUT2D eigenvalue weighted by atomic mass is 19.1. The van der Waals surface area contributed by atoms with Crippen LogP contribution in [0.5, 0.6) is 0 Å². The van der Waals surface area contributed by atoms with Gasteiger partial charge in [0.25, 0.3) is 5.91 Å². The van der Waals surface area contributed by atoms with Crippen LogP contribution < -0.4 is 5.32 Å². The maximum Gasteiger partial charge on any atom is 0.252 e. The molecule has 0 saturated carbocycles. The number of hydrogen-bond donors (Lipinski definition) is 1. The fourth-order valence-corrected chi connectivity index (χ4v) is 3.07. The molecule has 1 N–H and O–H groups in total. The summed E-state index contributed by atoms with van der Waals surface area (Å²) in [7, 11) is 2.06. The van der Waals surface area contributed by atoms with Gasteiger partial charge in [0.15, 0.2) is 0 Å². The number of halogens is 1. The second kappa shape index (κ2) is 8.31. The van der Waals surface area contributed by atoms with E-state index in [0.717, 1.165) is 29.9 Å². The summed E-state index contributed by atoms with van der Waals surface area (Å²) in [6.45, 7) is 5.79. The molecule has 0 aliphatic heterocycles. The Balaban J connectivity index is 1.76. The molecule has 0 saturated heterocycles. The number of benzene rings is 1. The summed E-state index contributed by atoms with van der Waals surface area (Å²) in [5.74, 6) is -0.377. The van der Waals surface area contributed by atoms with Gasteiger partial charge in [-0.25, -0.2) is 9.37 Å². The maximum absolute atomic E-state index is 13.1. The van der Waals surface area contributed by atoms with Crippen LogP contribution in [-0.4, -0.2) is 46.4 Å². The van der Waals surface area contributed by atoms with E-state index in [1.54, 1.807) is 24.4 Å². The average Bonchev–Trinajstić information content (AvgIpc) is 3.11. The topological polar surface area (TPSA) is 49.6 Å². The number of hydrogen-bond acceptors (Lipinski definition) is 3. The first kappa shape index (κ1) is 19.0. The van der Waals surface area contributed by atoms with Crippen molar-refractivity contribution in [3.63, 3.8) is 0 Å². The number of nitrogens with one attached hydrogen (secondary N) is 1. The van der Waals surface area contributed by atoms with Crippen molar-refractivity contribution in [1.29, 1.82) is 0 Å². The van der Waals surface area contributed by atoms with Gasteiger partial charge in [0, 0.05) is 30.5 Å². The summed E-state index contributed by atoms with van der Waals surface area (Å²) in [4.78, 5) is 19.3. The lowest BCUT2D eigenvalue weighted by Gasteiger charge is -2.25. The zero-order valence-corrected chi connectivity index (χ0v) is 15.9. The molecule has 1 amide bonds. The molecule has 3 aromatic rings. The fraction of sp³-hybridized carbons (Fsp3) is 0.333. The standard InChI is InChI=1S/C21H25FN4O/c1-4-18(25(3)5-2)12-23-21(27)16-8-11-20-24-19(14-26(20)13-16)15-6-9-17(22)10-7-15/h6-11,13-14,18H,4-5,12H2,1-3H3,(H,23,27)/t18-/m0/s1. The van der Waals surface area contributed by atoms with Crippen molar-refractivity contribution in [1.82, 2.24) is 19.6 Å². The highest BCUT2D eigenvalue weighted by molar-refractivity contribution is 5.94. The minimum Gasteiger partial charge on any atom is -0.350 e. The number of fused-ring (bicyclic) bond motifs is 1. The number of amides is 1. The first-order valence-electron chi connectivity index (χ1n) is 9.25. The predicted octanol–water partition coefficient (Wildman–Crippen LogP) is 3.60. The fourth-order valence-electron chi connectivity index (χ4n) is 3.07. The SMILES string of the molecule is CC[C@@H](CNC(=O)c1ccc2nc(-c3ccc(F)cc3)cn2c1)N(C)CC. The normalized spacial score (nSPS) is 12.5. The molecular weight excluding hydrogens is 343 g/mol. The van der Waals surface area contributed by atoms with Crippen LogP contribution in [0.3, 0.4) is 0 Å². The molecule has 27 heavy (non-hydrogen) atoms. The minimum absolute atomic E-state index is 0.100. The van der Waals surface area contributed by atoms with Gasteiger partial charge in [-0.15, -0.1) is 0 Å². The average molecular weight is 368 g/mol. The summed E-state index contributed by atoms with van der Waals surface area (Å²) in [5, 5.41) is 3.02. The molecular formula is C21H25FN4O. The molecule has 2 heterocycles. The van der Waals surface area contributed by atoms with Crippen LogP contribution in [0.2, 0.25) is 0 Å². The number of rotatable bonds is 7. The number of pyridine rings is 1. The third-order valence-electron chi connectivity index (χ3n) is 4.94. The van der Waals surface area contributed by atoms with Crippen molar-refractivity contribution < 1.29 is 9.18 Å². The smallest absolute Gasteiger partial charge is 0.252 e. The minimum atomic E-state index is -0.277. The van der Waals surface area contributed by atoms with Crippen LogP contribution in [0.25, 0.3) is 16.9 Å². The molecule has 6 heteroatoms. The van der Waals surface area contributed by atoms with E-state index in [2.05, 4.69) is 36.1 Å². The quantitative estimate of drug-likeness (QED) is 0.693. The number of carbonyl (C=O) groups is 1. The lowest BCUT2D eigenvalue weighted by molar-refractivity contribution is 0.0938. The molecule has 0 aliphatic carbocycles. The third-order valence-corrected chi connectivity index (χ3v) is 4.94. The molecule has 0 aliphatic rings. The Hall–Kier alpha value is -2.73. The Morgan fingerprint density at radius 1 is 1.19 bits per heavy atom. The molecule has 1 atom stereocenters. The Bertz CT molecular complexity index is 920. The summed E-state index contributed by atoms with van der Waals surface area (Å²) in [6, 6.07) is 10.1. The van der Waals surface area contributed by atoms with Crippen LogP contribution in [0.4, 0.5) is 4.39 Å². The number of nitrogens with zero attached hydrogens (tertiary/aromatic N) is 3. The zero-order valence-electron chi connectivity index (χ0n) is 15.9. The van der Waals surface area contributed by atoms with Crippen molar-refractivity contribution in [3.05, 3.63) is 60.2 Å². The molecule has 0 radical (unpaired) electrons. The molecule has 0 fully saturated rings. The van der Waals surface area contributed by atoms with Gasteiger partial charge >= 0.3 is 0 Å². The van der Waals surface area contributed by atoms with E-state index in [9.17, 15) is 9.18 Å². The Kier molecular flexibility index (Phi) is 5.86. The van der Waals surface area contributed by atoms with E-state index < -0.39 is 0 Å². The lowest BCUT2D eigenvalue weighted by Crippen LogP contribution is -2.41. The zero-order chi connectivity index (χ0) is 19.4. The summed E-state index contributed by atoms with van der Waals surface area (Å²) >= 11 is 0. The maximum atomic E-state index is 13.1. The monoisotopic (exact) mass is 368 g/mol. The summed E-state index contributed by atoms with van der Waals surface area (Å²) in [5.41, 5.74) is 2.89. The highest BCUT2D eigenvalue weighted by Gasteiger charge is 2.14. The first-order valence-corrected chi connectivity index (χ1v) is 9.25. The van der Waals surface area contributed by atoms with Crippen LogP contribution in [-0.2, 0) is 0 Å². The Morgan fingerprint density at radius 2 is 1.93 bits per heavy atom. The molecule has 0 bridgehead atoms. The van der Waals surface area contributed by atoms with Crippen molar-refractivity contribution in [2.45, 2.75) is 26.3 Å². The van der Waals surface area contributed by atoms with E-state index >= 15 is 0 Å². The molecule has 0 spiro atoms. The van der Waals surface area contributed by atoms with Gasteiger partial charge in [-0.05, 0) is 56.4 Å².